The van der Waals surface area contributed by atoms with E-state index in [9.17, 15) is 0 Å². The van der Waals surface area contributed by atoms with Crippen molar-refractivity contribution in [3.63, 3.8) is 0 Å². The lowest BCUT2D eigenvalue weighted by atomic mass is 9.48. The van der Waals surface area contributed by atoms with Gasteiger partial charge in [0.1, 0.15) is 0 Å². The maximum atomic E-state index is 2.51. The lowest BCUT2D eigenvalue weighted by Gasteiger charge is -2.57. The van der Waals surface area contributed by atoms with Crippen molar-refractivity contribution in [2.24, 2.45) is 17.8 Å². The number of rotatable bonds is 7. The third-order valence-electron chi connectivity index (χ3n) is 16.2. The molecular formula is C63H53N. The van der Waals surface area contributed by atoms with Crippen LogP contribution in [-0.4, -0.2) is 0 Å². The number of anilines is 3. The molecule has 0 saturated heterocycles. The molecule has 1 heteroatoms. The summed E-state index contributed by atoms with van der Waals surface area (Å²) in [6, 6.07) is 73.6. The van der Waals surface area contributed by atoms with Gasteiger partial charge < -0.3 is 4.90 Å². The largest absolute Gasteiger partial charge is 0.310 e. The van der Waals surface area contributed by atoms with E-state index in [1.165, 1.54) is 116 Å². The SMILES string of the molecule is CC1(C)c2ccccc2-c2ccc(N(c3ccc(-c4ccc(C56CC7CC(CC(C7)C5)C6)cc4)cc3)c3ccc(-c4cccc5ccccc45)cc3-c3ccc4ccccc4c3)cc21. The monoisotopic (exact) mass is 823 g/mol. The smallest absolute Gasteiger partial charge is 0.0540 e. The van der Waals surface area contributed by atoms with Gasteiger partial charge in [-0.05, 0) is 181 Å². The standard InChI is InChI=1S/C63H53N/c1-62(2)59-17-8-7-15-56(59)57-30-29-53(37-60(57)62)64(52-27-22-46(23-28-52)45-20-25-51(26-21-45)63-38-41-32-42(39-63)34-43(33-41)40-63)61-31-24-50(55-16-9-13-47-11-5-6-14-54(47)55)36-58(61)49-19-18-44-10-3-4-12-48(44)35-49/h3-31,35-37,41-43H,32-34,38-40H2,1-2H3. The summed E-state index contributed by atoms with van der Waals surface area (Å²) in [6.07, 6.45) is 8.65. The summed E-state index contributed by atoms with van der Waals surface area (Å²) in [6.45, 7) is 4.77. The topological polar surface area (TPSA) is 3.24 Å². The van der Waals surface area contributed by atoms with E-state index in [0.717, 1.165) is 34.8 Å². The fourth-order valence-electron chi connectivity index (χ4n) is 13.5. The maximum absolute atomic E-state index is 2.51. The highest BCUT2D eigenvalue weighted by molar-refractivity contribution is 6.00. The van der Waals surface area contributed by atoms with Crippen LogP contribution < -0.4 is 4.90 Å². The maximum Gasteiger partial charge on any atom is 0.0540 e. The predicted molar refractivity (Wildman–Crippen MR) is 270 cm³/mol. The van der Waals surface area contributed by atoms with Crippen LogP contribution in [0.3, 0.4) is 0 Å². The van der Waals surface area contributed by atoms with E-state index >= 15 is 0 Å². The minimum atomic E-state index is -0.126. The summed E-state index contributed by atoms with van der Waals surface area (Å²) < 4.78 is 0. The Hall–Kier alpha value is -6.70. The molecule has 0 N–H and O–H groups in total. The van der Waals surface area contributed by atoms with Gasteiger partial charge in [-0.2, -0.15) is 0 Å². The summed E-state index contributed by atoms with van der Waals surface area (Å²) in [5, 5.41) is 5.00. The van der Waals surface area contributed by atoms with E-state index in [1.54, 1.807) is 5.56 Å². The molecule has 4 fully saturated rings. The molecule has 5 aliphatic rings. The van der Waals surface area contributed by atoms with Gasteiger partial charge in [0.05, 0.1) is 5.69 Å². The quantitative estimate of drug-likeness (QED) is 0.155. The zero-order valence-electron chi connectivity index (χ0n) is 36.9. The van der Waals surface area contributed by atoms with Crippen molar-refractivity contribution in [3.05, 3.63) is 211 Å². The molecule has 9 aromatic rings. The van der Waals surface area contributed by atoms with E-state index in [2.05, 4.69) is 213 Å². The fraction of sp³-hybridized carbons (Fsp3) is 0.206. The Balaban J connectivity index is 0.959. The number of nitrogens with zero attached hydrogens (tertiary/aromatic N) is 1. The van der Waals surface area contributed by atoms with Crippen LogP contribution in [0.15, 0.2) is 194 Å². The number of hydrogen-bond donors (Lipinski definition) is 0. The lowest BCUT2D eigenvalue weighted by molar-refractivity contribution is -0.00518. The molecule has 0 spiro atoms. The normalized spacial score (nSPS) is 21.2. The molecule has 14 rings (SSSR count). The van der Waals surface area contributed by atoms with Crippen LogP contribution >= 0.6 is 0 Å². The Morgan fingerprint density at radius 1 is 0.391 bits per heavy atom. The summed E-state index contributed by atoms with van der Waals surface area (Å²) in [4.78, 5) is 2.51. The molecule has 0 unspecified atom stereocenters. The number of hydrogen-bond acceptors (Lipinski definition) is 1. The van der Waals surface area contributed by atoms with Crippen molar-refractivity contribution in [2.75, 3.05) is 4.90 Å². The molecule has 0 radical (unpaired) electrons. The zero-order valence-corrected chi connectivity index (χ0v) is 36.9. The Morgan fingerprint density at radius 3 is 1.72 bits per heavy atom. The van der Waals surface area contributed by atoms with Crippen LogP contribution in [0.25, 0.3) is 66.1 Å². The molecule has 0 aliphatic heterocycles. The first-order valence-electron chi connectivity index (χ1n) is 23.7. The second-order valence-electron chi connectivity index (χ2n) is 20.4. The van der Waals surface area contributed by atoms with Crippen LogP contribution in [0.1, 0.15) is 69.1 Å². The van der Waals surface area contributed by atoms with Gasteiger partial charge in [0, 0.05) is 22.4 Å². The minimum Gasteiger partial charge on any atom is -0.310 e. The second kappa shape index (κ2) is 14.4. The van der Waals surface area contributed by atoms with Gasteiger partial charge >= 0.3 is 0 Å². The molecule has 0 atom stereocenters. The molecule has 4 saturated carbocycles. The van der Waals surface area contributed by atoms with Gasteiger partial charge in [0.25, 0.3) is 0 Å². The molecule has 0 amide bonds. The Morgan fingerprint density at radius 2 is 0.953 bits per heavy atom. The van der Waals surface area contributed by atoms with Crippen molar-refractivity contribution in [2.45, 2.75) is 63.2 Å². The molecule has 1 nitrogen and oxygen atoms in total. The van der Waals surface area contributed by atoms with Crippen molar-refractivity contribution in [3.8, 4) is 44.5 Å². The van der Waals surface area contributed by atoms with Crippen molar-refractivity contribution < 1.29 is 0 Å². The molecule has 64 heavy (non-hydrogen) atoms. The van der Waals surface area contributed by atoms with E-state index in [-0.39, 0.29) is 5.41 Å². The Bertz CT molecular complexity index is 3240. The molecule has 5 aliphatic carbocycles. The Labute approximate surface area is 378 Å². The average molecular weight is 824 g/mol. The van der Waals surface area contributed by atoms with Crippen LogP contribution in [0, 0.1) is 17.8 Å². The predicted octanol–water partition coefficient (Wildman–Crippen LogP) is 17.2. The van der Waals surface area contributed by atoms with E-state index in [4.69, 9.17) is 0 Å². The number of fused-ring (bicyclic) bond motifs is 5. The highest BCUT2D eigenvalue weighted by atomic mass is 15.1. The van der Waals surface area contributed by atoms with Gasteiger partial charge in [0.15, 0.2) is 0 Å². The van der Waals surface area contributed by atoms with Gasteiger partial charge in [0.2, 0.25) is 0 Å². The highest BCUT2D eigenvalue weighted by Gasteiger charge is 2.51. The highest BCUT2D eigenvalue weighted by Crippen LogP contribution is 2.61. The lowest BCUT2D eigenvalue weighted by Crippen LogP contribution is -2.48. The molecule has 4 bridgehead atoms. The number of benzene rings is 9. The van der Waals surface area contributed by atoms with Gasteiger partial charge in [-0.25, -0.2) is 0 Å². The van der Waals surface area contributed by atoms with Gasteiger partial charge in [-0.15, -0.1) is 0 Å². The van der Waals surface area contributed by atoms with Crippen molar-refractivity contribution in [1.29, 1.82) is 0 Å². The first kappa shape index (κ1) is 37.8. The van der Waals surface area contributed by atoms with Gasteiger partial charge in [-0.1, -0.05) is 166 Å². The van der Waals surface area contributed by atoms with Crippen molar-refractivity contribution in [1.82, 2.24) is 0 Å². The first-order chi connectivity index (χ1) is 31.4. The van der Waals surface area contributed by atoms with Crippen LogP contribution in [-0.2, 0) is 10.8 Å². The van der Waals surface area contributed by atoms with Crippen LogP contribution in [0.5, 0.6) is 0 Å². The minimum absolute atomic E-state index is 0.126. The third kappa shape index (κ3) is 6.04. The average Bonchev–Trinajstić information content (AvgIpc) is 3.56. The van der Waals surface area contributed by atoms with E-state index in [0.29, 0.717) is 5.41 Å². The Kier molecular flexibility index (Phi) is 8.52. The zero-order chi connectivity index (χ0) is 42.6. The molecule has 310 valence electrons. The molecule has 0 aromatic heterocycles. The molecular weight excluding hydrogens is 771 g/mol. The van der Waals surface area contributed by atoms with Crippen molar-refractivity contribution >= 4 is 38.6 Å². The summed E-state index contributed by atoms with van der Waals surface area (Å²) in [5.41, 5.74) is 18.2. The fourth-order valence-corrected chi connectivity index (χ4v) is 13.5. The summed E-state index contributed by atoms with van der Waals surface area (Å²) in [7, 11) is 0. The van der Waals surface area contributed by atoms with Crippen LogP contribution in [0.2, 0.25) is 0 Å². The third-order valence-corrected chi connectivity index (χ3v) is 16.2. The summed E-state index contributed by atoms with van der Waals surface area (Å²) in [5.74, 6) is 2.85. The van der Waals surface area contributed by atoms with Gasteiger partial charge in [-0.3, -0.25) is 0 Å². The molecule has 9 aromatic carbocycles. The first-order valence-corrected chi connectivity index (χ1v) is 23.7. The van der Waals surface area contributed by atoms with Crippen LogP contribution in [0.4, 0.5) is 17.1 Å². The molecule has 0 heterocycles. The van der Waals surface area contributed by atoms with E-state index in [1.807, 2.05) is 0 Å². The summed E-state index contributed by atoms with van der Waals surface area (Å²) >= 11 is 0. The van der Waals surface area contributed by atoms with E-state index < -0.39 is 0 Å². The second-order valence-corrected chi connectivity index (χ2v) is 20.4.